The van der Waals surface area contributed by atoms with E-state index in [2.05, 4.69) is 4.90 Å². The van der Waals surface area contributed by atoms with Crippen LogP contribution in [0.25, 0.3) is 0 Å². The number of ether oxygens (including phenoxy) is 2. The van der Waals surface area contributed by atoms with Crippen LogP contribution in [0.15, 0.2) is 42.5 Å². The SMILES string of the molecule is COCCCC[C@@](O)(c1ccccc1Oc1ccc(F)cc1C)[C@@H]1CCCN([C@@]2(C=O)C[C@@H](N)[C@@H](O)C2)C1. The van der Waals surface area contributed by atoms with Gasteiger partial charge in [-0.1, -0.05) is 18.2 Å². The average Bonchev–Trinajstić information content (AvgIpc) is 3.23. The van der Waals surface area contributed by atoms with Crippen LogP contribution in [0.4, 0.5) is 4.39 Å². The van der Waals surface area contributed by atoms with E-state index in [1.54, 1.807) is 20.1 Å². The minimum atomic E-state index is -1.24. The number of hydrogen-bond donors (Lipinski definition) is 3. The Morgan fingerprint density at radius 1 is 1.21 bits per heavy atom. The summed E-state index contributed by atoms with van der Waals surface area (Å²) in [7, 11) is 1.67. The Labute approximate surface area is 224 Å². The van der Waals surface area contributed by atoms with E-state index in [9.17, 15) is 19.4 Å². The normalized spacial score (nSPS) is 27.7. The monoisotopic (exact) mass is 528 g/mol. The Kier molecular flexibility index (Phi) is 9.21. The maximum Gasteiger partial charge on any atom is 0.140 e. The number of carbonyl (C=O) groups excluding carboxylic acids is 1. The molecule has 0 spiro atoms. The number of piperidine rings is 1. The molecule has 38 heavy (non-hydrogen) atoms. The van der Waals surface area contributed by atoms with E-state index in [1.165, 1.54) is 12.1 Å². The summed E-state index contributed by atoms with van der Waals surface area (Å²) in [5.74, 6) is 0.543. The van der Waals surface area contributed by atoms with E-state index in [4.69, 9.17) is 15.2 Å². The number of unbranched alkanes of at least 4 members (excludes halogenated alkanes) is 1. The molecule has 2 aromatic carbocycles. The predicted octanol–water partition coefficient (Wildman–Crippen LogP) is 4.06. The van der Waals surface area contributed by atoms with Gasteiger partial charge in [0.15, 0.2) is 0 Å². The van der Waals surface area contributed by atoms with Gasteiger partial charge in [0.1, 0.15) is 23.6 Å². The third-order valence-electron chi connectivity index (χ3n) is 8.46. The highest BCUT2D eigenvalue weighted by Gasteiger charge is 2.51. The van der Waals surface area contributed by atoms with Gasteiger partial charge in [0.25, 0.3) is 0 Å². The number of para-hydroxylation sites is 1. The number of aryl methyl sites for hydroxylation is 1. The van der Waals surface area contributed by atoms with Gasteiger partial charge in [-0.05, 0) is 81.8 Å². The molecule has 1 heterocycles. The van der Waals surface area contributed by atoms with Crippen LogP contribution in [-0.2, 0) is 15.1 Å². The van der Waals surface area contributed by atoms with E-state index >= 15 is 0 Å². The highest BCUT2D eigenvalue weighted by molar-refractivity contribution is 5.65. The highest BCUT2D eigenvalue weighted by atomic mass is 19.1. The number of likely N-dealkylation sites (tertiary alicyclic amines) is 1. The molecule has 8 heteroatoms. The first-order valence-electron chi connectivity index (χ1n) is 13.6. The van der Waals surface area contributed by atoms with E-state index in [0.29, 0.717) is 61.6 Å². The van der Waals surface area contributed by atoms with Crippen molar-refractivity contribution in [1.82, 2.24) is 4.90 Å². The molecule has 208 valence electrons. The van der Waals surface area contributed by atoms with Crippen molar-refractivity contribution in [1.29, 1.82) is 0 Å². The summed E-state index contributed by atoms with van der Waals surface area (Å²) in [4.78, 5) is 14.5. The summed E-state index contributed by atoms with van der Waals surface area (Å²) in [6.45, 7) is 3.60. The molecule has 1 saturated carbocycles. The first-order valence-corrected chi connectivity index (χ1v) is 13.6. The minimum Gasteiger partial charge on any atom is -0.457 e. The third-order valence-corrected chi connectivity index (χ3v) is 8.46. The van der Waals surface area contributed by atoms with Crippen molar-refractivity contribution in [2.45, 2.75) is 75.2 Å². The van der Waals surface area contributed by atoms with Crippen LogP contribution >= 0.6 is 0 Å². The van der Waals surface area contributed by atoms with E-state index in [0.717, 1.165) is 32.0 Å². The molecule has 1 aliphatic carbocycles. The lowest BCUT2D eigenvalue weighted by Gasteiger charge is -2.47. The molecule has 1 saturated heterocycles. The zero-order valence-corrected chi connectivity index (χ0v) is 22.4. The molecule has 0 bridgehead atoms. The number of aliphatic hydroxyl groups is 2. The van der Waals surface area contributed by atoms with Gasteiger partial charge in [-0.15, -0.1) is 0 Å². The second-order valence-corrected chi connectivity index (χ2v) is 11.0. The predicted molar refractivity (Wildman–Crippen MR) is 144 cm³/mol. The number of methoxy groups -OCH3 is 1. The lowest BCUT2D eigenvalue weighted by atomic mass is 9.73. The van der Waals surface area contributed by atoms with Crippen LogP contribution in [0.2, 0.25) is 0 Å². The number of halogens is 1. The largest absolute Gasteiger partial charge is 0.457 e. The third kappa shape index (κ3) is 5.95. The van der Waals surface area contributed by atoms with Crippen LogP contribution < -0.4 is 10.5 Å². The number of carbonyl (C=O) groups is 1. The summed E-state index contributed by atoms with van der Waals surface area (Å²) in [5, 5.41) is 22.9. The van der Waals surface area contributed by atoms with Crippen LogP contribution in [-0.4, -0.2) is 65.9 Å². The number of aliphatic hydroxyl groups excluding tert-OH is 1. The molecule has 4 rings (SSSR count). The zero-order valence-electron chi connectivity index (χ0n) is 22.4. The molecule has 0 radical (unpaired) electrons. The lowest BCUT2D eigenvalue weighted by Crippen LogP contribution is -2.56. The smallest absolute Gasteiger partial charge is 0.140 e. The number of hydrogen-bond acceptors (Lipinski definition) is 7. The van der Waals surface area contributed by atoms with Crippen molar-refractivity contribution >= 4 is 6.29 Å². The van der Waals surface area contributed by atoms with Gasteiger partial charge in [0.05, 0.1) is 17.2 Å². The molecule has 0 unspecified atom stereocenters. The molecule has 4 N–H and O–H groups in total. The average molecular weight is 529 g/mol. The van der Waals surface area contributed by atoms with Crippen molar-refractivity contribution in [2.24, 2.45) is 11.7 Å². The van der Waals surface area contributed by atoms with Gasteiger partial charge in [-0.3, -0.25) is 4.90 Å². The Balaban J connectivity index is 1.67. The molecule has 2 fully saturated rings. The van der Waals surface area contributed by atoms with E-state index in [-0.39, 0.29) is 11.7 Å². The fourth-order valence-electron chi connectivity index (χ4n) is 6.30. The van der Waals surface area contributed by atoms with Gasteiger partial charge in [0, 0.05) is 44.2 Å². The molecule has 7 nitrogen and oxygen atoms in total. The Hall–Kier alpha value is -2.36. The van der Waals surface area contributed by atoms with Crippen LogP contribution in [0.1, 0.15) is 56.1 Å². The summed E-state index contributed by atoms with van der Waals surface area (Å²) in [5.41, 5.74) is 5.40. The Bertz CT molecular complexity index is 1090. The summed E-state index contributed by atoms with van der Waals surface area (Å²) in [6.07, 6.45) is 4.56. The molecular weight excluding hydrogens is 487 g/mol. The molecule has 5 atom stereocenters. The number of benzene rings is 2. The first-order chi connectivity index (χ1) is 18.2. The summed E-state index contributed by atoms with van der Waals surface area (Å²) < 4.78 is 25.2. The standard InChI is InChI=1S/C30H41FN2O5/c1-21-16-23(31)11-12-27(21)38-28-10-4-3-9-24(28)30(36,13-5-6-15-37-2)22-8-7-14-33(19-22)29(20-34)17-25(32)26(35)18-29/h3-4,9-12,16,20,22,25-26,35-36H,5-8,13-15,17-19,32H2,1-2H3/t22-,25-,26+,29+,30+/m1/s1. The molecule has 2 aromatic rings. The van der Waals surface area contributed by atoms with Crippen molar-refractivity contribution in [2.75, 3.05) is 26.8 Å². The van der Waals surface area contributed by atoms with Gasteiger partial charge in [-0.25, -0.2) is 4.39 Å². The fraction of sp³-hybridized carbons (Fsp3) is 0.567. The lowest BCUT2D eigenvalue weighted by molar-refractivity contribution is -0.125. The van der Waals surface area contributed by atoms with Gasteiger partial charge in [-0.2, -0.15) is 0 Å². The second-order valence-electron chi connectivity index (χ2n) is 11.0. The molecule has 0 aromatic heterocycles. The van der Waals surface area contributed by atoms with Crippen molar-refractivity contribution in [3.63, 3.8) is 0 Å². The van der Waals surface area contributed by atoms with E-state index in [1.807, 2.05) is 24.3 Å². The quantitative estimate of drug-likeness (QED) is 0.298. The maximum absolute atomic E-state index is 13.7. The number of nitrogens with zero attached hydrogens (tertiary/aromatic N) is 1. The second kappa shape index (κ2) is 12.2. The van der Waals surface area contributed by atoms with Crippen LogP contribution in [0.3, 0.4) is 0 Å². The van der Waals surface area contributed by atoms with Gasteiger partial charge >= 0.3 is 0 Å². The molecule has 0 amide bonds. The fourth-order valence-corrected chi connectivity index (χ4v) is 6.30. The van der Waals surface area contributed by atoms with Crippen molar-refractivity contribution in [3.05, 3.63) is 59.4 Å². The minimum absolute atomic E-state index is 0.177. The van der Waals surface area contributed by atoms with Crippen molar-refractivity contribution in [3.8, 4) is 11.5 Å². The molecular formula is C30H41FN2O5. The molecule has 1 aliphatic heterocycles. The molecule has 2 aliphatic rings. The van der Waals surface area contributed by atoms with Crippen molar-refractivity contribution < 1.29 is 28.9 Å². The first kappa shape index (κ1) is 28.6. The summed E-state index contributed by atoms with van der Waals surface area (Å²) >= 11 is 0. The topological polar surface area (TPSA) is 105 Å². The summed E-state index contributed by atoms with van der Waals surface area (Å²) in [6, 6.07) is 11.4. The van der Waals surface area contributed by atoms with Crippen LogP contribution in [0.5, 0.6) is 11.5 Å². The Morgan fingerprint density at radius 2 is 2.00 bits per heavy atom. The number of nitrogens with two attached hydrogens (primary N) is 1. The van der Waals surface area contributed by atoms with Gasteiger partial charge < -0.3 is 30.2 Å². The Morgan fingerprint density at radius 3 is 2.68 bits per heavy atom. The van der Waals surface area contributed by atoms with E-state index < -0.39 is 23.3 Å². The van der Waals surface area contributed by atoms with Crippen LogP contribution in [0, 0.1) is 18.7 Å². The maximum atomic E-state index is 13.7. The number of rotatable bonds is 11. The van der Waals surface area contributed by atoms with Gasteiger partial charge in [0.2, 0.25) is 0 Å². The number of aldehydes is 1. The zero-order chi connectivity index (χ0) is 27.3. The highest BCUT2D eigenvalue weighted by Crippen LogP contribution is 2.46.